The minimum absolute atomic E-state index is 0.211. The van der Waals surface area contributed by atoms with Crippen molar-refractivity contribution < 1.29 is 28.3 Å². The molecule has 0 saturated heterocycles. The molecule has 3 rings (SSSR count). The van der Waals surface area contributed by atoms with Gasteiger partial charge in [-0.05, 0) is 53.6 Å². The number of carbonyl (C=O) groups is 3. The Labute approximate surface area is 190 Å². The van der Waals surface area contributed by atoms with Crippen LogP contribution in [0.2, 0.25) is 0 Å². The molecule has 0 aliphatic heterocycles. The first-order chi connectivity index (χ1) is 15.9. The van der Waals surface area contributed by atoms with E-state index in [0.29, 0.717) is 22.7 Å². The fourth-order valence-electron chi connectivity index (χ4n) is 2.84. The number of ether oxygens (including phenoxy) is 2. The number of hydrogen-bond donors (Lipinski definition) is 3. The number of nitrogens with two attached hydrogens (primary N) is 1. The van der Waals surface area contributed by atoms with Gasteiger partial charge in [0.05, 0.1) is 13.4 Å². The number of carbonyl (C=O) groups excluding carboxylic acids is 3. The van der Waals surface area contributed by atoms with E-state index in [0.717, 1.165) is 5.56 Å². The fraction of sp³-hybridized carbons (Fsp3) is 0.125. The lowest BCUT2D eigenvalue weighted by molar-refractivity contribution is -0.120. The van der Waals surface area contributed by atoms with Gasteiger partial charge in [0, 0.05) is 18.3 Å². The van der Waals surface area contributed by atoms with Gasteiger partial charge in [0.2, 0.25) is 5.91 Å². The highest BCUT2D eigenvalue weighted by molar-refractivity contribution is 6.02. The second-order valence-electron chi connectivity index (χ2n) is 6.85. The van der Waals surface area contributed by atoms with Gasteiger partial charge in [-0.25, -0.2) is 0 Å². The molecule has 0 radical (unpaired) electrons. The summed E-state index contributed by atoms with van der Waals surface area (Å²) in [5, 5.41) is 5.53. The Morgan fingerprint density at radius 3 is 2.64 bits per heavy atom. The van der Waals surface area contributed by atoms with Crippen LogP contribution in [0.4, 0.5) is 5.69 Å². The van der Waals surface area contributed by atoms with Gasteiger partial charge in [-0.3, -0.25) is 14.4 Å². The maximum atomic E-state index is 12.2. The van der Waals surface area contributed by atoms with Crippen LogP contribution in [0, 0.1) is 0 Å². The smallest absolute Gasteiger partial charge is 0.291 e. The van der Waals surface area contributed by atoms with Crippen LogP contribution in [0.1, 0.15) is 21.7 Å². The Kier molecular flexibility index (Phi) is 7.85. The normalized spacial score (nSPS) is 10.6. The van der Waals surface area contributed by atoms with Crippen molar-refractivity contribution in [3.63, 3.8) is 0 Å². The maximum absolute atomic E-state index is 12.2. The van der Waals surface area contributed by atoms with Crippen molar-refractivity contribution in [2.24, 2.45) is 5.73 Å². The molecule has 0 saturated carbocycles. The van der Waals surface area contributed by atoms with Crippen LogP contribution in [0.5, 0.6) is 11.5 Å². The predicted molar refractivity (Wildman–Crippen MR) is 122 cm³/mol. The number of hydrogen-bond acceptors (Lipinski definition) is 6. The molecular formula is C24H23N3O6. The molecule has 1 aromatic heterocycles. The zero-order chi connectivity index (χ0) is 23.6. The van der Waals surface area contributed by atoms with Gasteiger partial charge in [-0.15, -0.1) is 0 Å². The van der Waals surface area contributed by atoms with E-state index >= 15 is 0 Å². The maximum Gasteiger partial charge on any atom is 0.291 e. The zero-order valence-corrected chi connectivity index (χ0v) is 17.9. The molecule has 170 valence electrons. The molecule has 9 nitrogen and oxygen atoms in total. The summed E-state index contributed by atoms with van der Waals surface area (Å²) in [5.41, 5.74) is 7.18. The van der Waals surface area contributed by atoms with Crippen molar-refractivity contribution in [2.45, 2.75) is 6.54 Å². The summed E-state index contributed by atoms with van der Waals surface area (Å²) in [4.78, 5) is 35.2. The SMILES string of the molecule is COc1cc(/C=C/C(=O)NCc2cccc(NC(=O)c3ccco3)c2)ccc1OCC(N)=O. The monoisotopic (exact) mass is 449 g/mol. The van der Waals surface area contributed by atoms with Gasteiger partial charge in [0.15, 0.2) is 23.9 Å². The first-order valence-electron chi connectivity index (χ1n) is 9.93. The molecule has 0 unspecified atom stereocenters. The largest absolute Gasteiger partial charge is 0.493 e. The number of primary amides is 1. The molecule has 2 aromatic carbocycles. The molecule has 0 bridgehead atoms. The fourth-order valence-corrected chi connectivity index (χ4v) is 2.84. The zero-order valence-electron chi connectivity index (χ0n) is 17.9. The Morgan fingerprint density at radius 1 is 1.06 bits per heavy atom. The van der Waals surface area contributed by atoms with Crippen molar-refractivity contribution in [3.8, 4) is 11.5 Å². The van der Waals surface area contributed by atoms with Crippen molar-refractivity contribution in [1.82, 2.24) is 5.32 Å². The summed E-state index contributed by atoms with van der Waals surface area (Å²) in [6.45, 7) is 0.0124. The predicted octanol–water partition coefficient (Wildman–Crippen LogP) is 2.73. The third kappa shape index (κ3) is 7.00. The van der Waals surface area contributed by atoms with E-state index in [1.54, 1.807) is 54.6 Å². The third-order valence-electron chi connectivity index (χ3n) is 4.38. The van der Waals surface area contributed by atoms with Crippen molar-refractivity contribution in [1.29, 1.82) is 0 Å². The summed E-state index contributed by atoms with van der Waals surface area (Å²) in [6.07, 6.45) is 4.44. The Hall–Kier alpha value is -4.53. The minimum atomic E-state index is -0.594. The molecule has 0 aliphatic rings. The molecule has 0 atom stereocenters. The lowest BCUT2D eigenvalue weighted by Gasteiger charge is -2.10. The van der Waals surface area contributed by atoms with E-state index in [1.807, 2.05) is 6.07 Å². The van der Waals surface area contributed by atoms with E-state index in [1.165, 1.54) is 19.4 Å². The molecule has 0 spiro atoms. The Morgan fingerprint density at radius 2 is 1.91 bits per heavy atom. The molecule has 1 heterocycles. The van der Waals surface area contributed by atoms with E-state index in [9.17, 15) is 14.4 Å². The summed E-state index contributed by atoms with van der Waals surface area (Å²) < 4.78 is 15.6. The van der Waals surface area contributed by atoms with Crippen molar-refractivity contribution in [2.75, 3.05) is 19.0 Å². The summed E-state index contributed by atoms with van der Waals surface area (Å²) >= 11 is 0. The van der Waals surface area contributed by atoms with Gasteiger partial charge in [-0.2, -0.15) is 0 Å². The quantitative estimate of drug-likeness (QED) is 0.408. The van der Waals surface area contributed by atoms with Crippen LogP contribution in [-0.4, -0.2) is 31.4 Å². The second-order valence-corrected chi connectivity index (χ2v) is 6.85. The summed E-state index contributed by atoms with van der Waals surface area (Å²) in [5.74, 6) is -0.256. The van der Waals surface area contributed by atoms with Crippen molar-refractivity contribution >= 4 is 29.5 Å². The van der Waals surface area contributed by atoms with Crippen LogP contribution >= 0.6 is 0 Å². The average molecular weight is 449 g/mol. The highest BCUT2D eigenvalue weighted by atomic mass is 16.5. The number of amides is 3. The summed E-state index contributed by atoms with van der Waals surface area (Å²) in [6, 6.07) is 15.3. The van der Waals surface area contributed by atoms with Gasteiger partial charge < -0.3 is 30.3 Å². The molecule has 0 fully saturated rings. The number of furan rings is 1. The standard InChI is InChI=1S/C24H23N3O6/c1-31-21-13-16(7-9-19(21)33-15-22(25)28)8-10-23(29)26-14-17-4-2-5-18(12-17)27-24(30)20-6-3-11-32-20/h2-13H,14-15H2,1H3,(H2,25,28)(H,26,29)(H,27,30)/b10-8+. The molecular weight excluding hydrogens is 426 g/mol. The van der Waals surface area contributed by atoms with E-state index < -0.39 is 5.91 Å². The molecule has 33 heavy (non-hydrogen) atoms. The first-order valence-corrected chi connectivity index (χ1v) is 9.93. The van der Waals surface area contributed by atoms with Crippen molar-refractivity contribution in [3.05, 3.63) is 83.8 Å². The van der Waals surface area contributed by atoms with Crippen LogP contribution in [0.15, 0.2) is 71.4 Å². The van der Waals surface area contributed by atoms with Crippen LogP contribution < -0.4 is 25.8 Å². The van der Waals surface area contributed by atoms with E-state index in [4.69, 9.17) is 19.6 Å². The van der Waals surface area contributed by atoms with Crippen LogP contribution in [0.25, 0.3) is 6.08 Å². The van der Waals surface area contributed by atoms with Crippen LogP contribution in [-0.2, 0) is 16.1 Å². The topological polar surface area (TPSA) is 133 Å². The van der Waals surface area contributed by atoms with Gasteiger partial charge >= 0.3 is 0 Å². The van der Waals surface area contributed by atoms with Crippen LogP contribution in [0.3, 0.4) is 0 Å². The molecule has 0 aliphatic carbocycles. The molecule has 9 heteroatoms. The average Bonchev–Trinajstić information content (AvgIpc) is 3.36. The van der Waals surface area contributed by atoms with E-state index in [2.05, 4.69) is 10.6 Å². The highest BCUT2D eigenvalue weighted by Gasteiger charge is 2.09. The van der Waals surface area contributed by atoms with Gasteiger partial charge in [0.25, 0.3) is 11.8 Å². The molecule has 3 aromatic rings. The Balaban J connectivity index is 1.54. The number of benzene rings is 2. The summed E-state index contributed by atoms with van der Waals surface area (Å²) in [7, 11) is 1.47. The second kappa shape index (κ2) is 11.2. The molecule has 4 N–H and O–H groups in total. The number of anilines is 1. The van der Waals surface area contributed by atoms with E-state index in [-0.39, 0.29) is 30.7 Å². The highest BCUT2D eigenvalue weighted by Crippen LogP contribution is 2.28. The lowest BCUT2D eigenvalue weighted by Crippen LogP contribution is -2.20. The third-order valence-corrected chi connectivity index (χ3v) is 4.38. The minimum Gasteiger partial charge on any atom is -0.493 e. The first kappa shape index (κ1) is 23.1. The molecule has 3 amide bonds. The number of nitrogens with one attached hydrogen (secondary N) is 2. The number of rotatable bonds is 10. The Bertz CT molecular complexity index is 1150. The van der Waals surface area contributed by atoms with Gasteiger partial charge in [-0.1, -0.05) is 18.2 Å². The lowest BCUT2D eigenvalue weighted by atomic mass is 10.1. The number of methoxy groups -OCH3 is 1. The van der Waals surface area contributed by atoms with Gasteiger partial charge in [0.1, 0.15) is 0 Å².